The molecule has 0 heterocycles. The van der Waals surface area contributed by atoms with Gasteiger partial charge in [0.05, 0.1) is 0 Å². The molecule has 0 radical (unpaired) electrons. The van der Waals surface area contributed by atoms with E-state index in [-0.39, 0.29) is 0 Å². The molecule has 0 atom stereocenters. The summed E-state index contributed by atoms with van der Waals surface area (Å²) in [6.45, 7) is 1.85. The molecule has 0 unspecified atom stereocenters. The van der Waals surface area contributed by atoms with Crippen LogP contribution in [-0.4, -0.2) is 19.0 Å². The van der Waals surface area contributed by atoms with Gasteiger partial charge >= 0.3 is 0 Å². The van der Waals surface area contributed by atoms with Crippen LogP contribution in [0.15, 0.2) is 29.3 Å². The van der Waals surface area contributed by atoms with Crippen molar-refractivity contribution >= 4 is 5.96 Å². The number of rotatable bonds is 4. The number of nitrogens with two attached hydrogens (primary N) is 1. The van der Waals surface area contributed by atoms with Gasteiger partial charge in [-0.1, -0.05) is 30.7 Å². The van der Waals surface area contributed by atoms with Crippen molar-refractivity contribution < 1.29 is 0 Å². The van der Waals surface area contributed by atoms with Gasteiger partial charge in [-0.05, 0) is 48.6 Å². The summed E-state index contributed by atoms with van der Waals surface area (Å²) in [4.78, 5) is 4.50. The molecule has 3 heteroatoms. The monoisotopic (exact) mass is 257 g/mol. The zero-order valence-electron chi connectivity index (χ0n) is 11.4. The summed E-state index contributed by atoms with van der Waals surface area (Å²) >= 11 is 0. The molecule has 2 aliphatic rings. The number of fused-ring (bicyclic) bond motifs is 1. The van der Waals surface area contributed by atoms with Gasteiger partial charge in [-0.15, -0.1) is 0 Å². The van der Waals surface area contributed by atoms with Crippen LogP contribution in [0.3, 0.4) is 0 Å². The van der Waals surface area contributed by atoms with Gasteiger partial charge in [0, 0.05) is 13.1 Å². The van der Waals surface area contributed by atoms with Crippen LogP contribution in [0.2, 0.25) is 0 Å². The summed E-state index contributed by atoms with van der Waals surface area (Å²) in [5, 5.41) is 3.26. The minimum atomic E-state index is 0.626. The molecule has 1 saturated carbocycles. The second-order valence-electron chi connectivity index (χ2n) is 5.95. The summed E-state index contributed by atoms with van der Waals surface area (Å²) in [5.41, 5.74) is 8.90. The molecule has 19 heavy (non-hydrogen) atoms. The first-order valence-corrected chi connectivity index (χ1v) is 7.42. The highest BCUT2D eigenvalue weighted by Gasteiger charge is 2.20. The molecule has 1 aromatic carbocycles. The van der Waals surface area contributed by atoms with Crippen LogP contribution < -0.4 is 11.1 Å². The van der Waals surface area contributed by atoms with E-state index >= 15 is 0 Å². The Labute approximate surface area is 115 Å². The highest BCUT2D eigenvalue weighted by Crippen LogP contribution is 2.26. The lowest BCUT2D eigenvalue weighted by Crippen LogP contribution is -2.37. The number of hydrogen-bond acceptors (Lipinski definition) is 1. The van der Waals surface area contributed by atoms with Gasteiger partial charge < -0.3 is 11.1 Å². The molecule has 0 aliphatic heterocycles. The van der Waals surface area contributed by atoms with Crippen LogP contribution in [0.4, 0.5) is 0 Å². The van der Waals surface area contributed by atoms with Gasteiger partial charge in [-0.2, -0.15) is 0 Å². The third-order valence-corrected chi connectivity index (χ3v) is 4.45. The number of nitrogens with one attached hydrogen (secondary N) is 1. The lowest BCUT2D eigenvalue weighted by Gasteiger charge is -2.25. The SMILES string of the molecule is NC(=NCC1Cc2ccccc2C1)NCC1CCC1. The predicted molar refractivity (Wildman–Crippen MR) is 79.2 cm³/mol. The molecular formula is C16H23N3. The third kappa shape index (κ3) is 3.09. The summed E-state index contributed by atoms with van der Waals surface area (Å²) in [5.74, 6) is 2.08. The van der Waals surface area contributed by atoms with E-state index in [1.165, 1.54) is 30.4 Å². The molecule has 1 fully saturated rings. The highest BCUT2D eigenvalue weighted by atomic mass is 15.1. The topological polar surface area (TPSA) is 50.4 Å². The van der Waals surface area contributed by atoms with Crippen molar-refractivity contribution in [1.29, 1.82) is 0 Å². The summed E-state index contributed by atoms with van der Waals surface area (Å²) in [7, 11) is 0. The fourth-order valence-electron chi connectivity index (χ4n) is 3.01. The van der Waals surface area contributed by atoms with Crippen molar-refractivity contribution in [2.24, 2.45) is 22.6 Å². The fraction of sp³-hybridized carbons (Fsp3) is 0.562. The molecular weight excluding hydrogens is 234 g/mol. The average Bonchev–Trinajstić information content (AvgIpc) is 2.77. The minimum Gasteiger partial charge on any atom is -0.370 e. The maximum Gasteiger partial charge on any atom is 0.188 e. The van der Waals surface area contributed by atoms with Crippen molar-refractivity contribution in [3.63, 3.8) is 0 Å². The predicted octanol–water partition coefficient (Wildman–Crippen LogP) is 2.11. The van der Waals surface area contributed by atoms with Crippen molar-refractivity contribution in [3.8, 4) is 0 Å². The molecule has 0 saturated heterocycles. The molecule has 2 aliphatic carbocycles. The van der Waals surface area contributed by atoms with E-state index in [1.807, 2.05) is 0 Å². The Kier molecular flexibility index (Phi) is 3.72. The third-order valence-electron chi connectivity index (χ3n) is 4.45. The lowest BCUT2D eigenvalue weighted by atomic mass is 9.85. The molecule has 102 valence electrons. The van der Waals surface area contributed by atoms with E-state index < -0.39 is 0 Å². The molecule has 0 aromatic heterocycles. The minimum absolute atomic E-state index is 0.626. The highest BCUT2D eigenvalue weighted by molar-refractivity contribution is 5.77. The Morgan fingerprint density at radius 3 is 2.42 bits per heavy atom. The van der Waals surface area contributed by atoms with E-state index in [4.69, 9.17) is 5.73 Å². The second kappa shape index (κ2) is 5.64. The Balaban J connectivity index is 1.45. The first kappa shape index (κ1) is 12.5. The Morgan fingerprint density at radius 2 is 1.84 bits per heavy atom. The number of benzene rings is 1. The van der Waals surface area contributed by atoms with Crippen LogP contribution in [-0.2, 0) is 12.8 Å². The van der Waals surface area contributed by atoms with Crippen LogP contribution in [0.25, 0.3) is 0 Å². The maximum absolute atomic E-state index is 5.92. The average molecular weight is 257 g/mol. The first-order chi connectivity index (χ1) is 9.31. The summed E-state index contributed by atoms with van der Waals surface area (Å²) in [6.07, 6.45) is 6.37. The zero-order valence-corrected chi connectivity index (χ0v) is 11.4. The quantitative estimate of drug-likeness (QED) is 0.641. The van der Waals surface area contributed by atoms with E-state index in [1.54, 1.807) is 0 Å². The maximum atomic E-state index is 5.92. The van der Waals surface area contributed by atoms with Gasteiger partial charge in [0.25, 0.3) is 0 Å². The summed E-state index contributed by atoms with van der Waals surface area (Å²) < 4.78 is 0. The van der Waals surface area contributed by atoms with Gasteiger partial charge in [-0.25, -0.2) is 0 Å². The van der Waals surface area contributed by atoms with E-state index in [0.717, 1.165) is 31.8 Å². The Morgan fingerprint density at radius 1 is 1.16 bits per heavy atom. The number of nitrogens with zero attached hydrogens (tertiary/aromatic N) is 1. The molecule has 0 bridgehead atoms. The van der Waals surface area contributed by atoms with Gasteiger partial charge in [-0.3, -0.25) is 4.99 Å². The van der Waals surface area contributed by atoms with Crippen molar-refractivity contribution in [2.45, 2.75) is 32.1 Å². The Bertz CT molecular complexity index is 438. The van der Waals surface area contributed by atoms with Crippen LogP contribution in [0, 0.1) is 11.8 Å². The second-order valence-corrected chi connectivity index (χ2v) is 5.95. The van der Waals surface area contributed by atoms with Gasteiger partial charge in [0.15, 0.2) is 5.96 Å². The normalized spacial score (nSPS) is 20.1. The van der Waals surface area contributed by atoms with Crippen molar-refractivity contribution in [1.82, 2.24) is 5.32 Å². The van der Waals surface area contributed by atoms with E-state index in [0.29, 0.717) is 11.9 Å². The molecule has 0 amide bonds. The molecule has 3 N–H and O–H groups in total. The molecule has 3 nitrogen and oxygen atoms in total. The standard InChI is InChI=1S/C16H23N3/c17-16(18-10-12-4-3-5-12)19-11-13-8-14-6-1-2-7-15(14)9-13/h1-2,6-7,12-13H,3-5,8-11H2,(H3,17,18,19). The van der Waals surface area contributed by atoms with Crippen LogP contribution >= 0.6 is 0 Å². The van der Waals surface area contributed by atoms with Crippen molar-refractivity contribution in [3.05, 3.63) is 35.4 Å². The molecule has 0 spiro atoms. The summed E-state index contributed by atoms with van der Waals surface area (Å²) in [6, 6.07) is 8.71. The van der Waals surface area contributed by atoms with Crippen molar-refractivity contribution in [2.75, 3.05) is 13.1 Å². The Hall–Kier alpha value is -1.51. The number of aliphatic imine (C=N–C) groups is 1. The van der Waals surface area contributed by atoms with Gasteiger partial charge in [0.1, 0.15) is 0 Å². The first-order valence-electron chi connectivity index (χ1n) is 7.42. The smallest absolute Gasteiger partial charge is 0.188 e. The molecule has 1 aromatic rings. The lowest BCUT2D eigenvalue weighted by molar-refractivity contribution is 0.315. The molecule has 3 rings (SSSR count). The van der Waals surface area contributed by atoms with E-state index in [9.17, 15) is 0 Å². The van der Waals surface area contributed by atoms with Crippen LogP contribution in [0.5, 0.6) is 0 Å². The largest absolute Gasteiger partial charge is 0.370 e. The fourth-order valence-corrected chi connectivity index (χ4v) is 3.01. The van der Waals surface area contributed by atoms with Gasteiger partial charge in [0.2, 0.25) is 0 Å². The van der Waals surface area contributed by atoms with E-state index in [2.05, 4.69) is 34.6 Å². The van der Waals surface area contributed by atoms with Crippen LogP contribution in [0.1, 0.15) is 30.4 Å². The number of guanidine groups is 1. The zero-order chi connectivity index (χ0) is 13.1. The number of hydrogen-bond donors (Lipinski definition) is 2.